The molecule has 0 aliphatic heterocycles. The molecule has 0 radical (unpaired) electrons. The third-order valence-corrected chi connectivity index (χ3v) is 5.66. The number of carbonyl (C=O) groups is 1. The molecule has 0 N–H and O–H groups in total. The quantitative estimate of drug-likeness (QED) is 0.466. The van der Waals surface area contributed by atoms with E-state index in [1.165, 1.54) is 11.3 Å². The zero-order valence-corrected chi connectivity index (χ0v) is 15.1. The van der Waals surface area contributed by atoms with Crippen LogP contribution in [0.25, 0.3) is 10.2 Å². The van der Waals surface area contributed by atoms with E-state index in [1.807, 2.05) is 12.1 Å². The van der Waals surface area contributed by atoms with E-state index in [1.54, 1.807) is 29.5 Å². The van der Waals surface area contributed by atoms with Gasteiger partial charge in [0.25, 0.3) is 0 Å². The maximum Gasteiger partial charge on any atom is 0.353 e. The van der Waals surface area contributed by atoms with Crippen molar-refractivity contribution < 1.29 is 9.53 Å². The van der Waals surface area contributed by atoms with Crippen molar-refractivity contribution in [1.29, 1.82) is 0 Å². The molecule has 0 spiro atoms. The Balaban J connectivity index is 1.83. The number of aromatic nitrogens is 1. The van der Waals surface area contributed by atoms with E-state index in [4.69, 9.17) is 16.3 Å². The Morgan fingerprint density at radius 1 is 1.22 bits per heavy atom. The van der Waals surface area contributed by atoms with Crippen LogP contribution in [0.2, 0.25) is 4.34 Å². The highest BCUT2D eigenvalue weighted by Crippen LogP contribution is 2.32. The summed E-state index contributed by atoms with van der Waals surface area (Å²) in [7, 11) is 0. The van der Waals surface area contributed by atoms with Crippen molar-refractivity contribution in [2.75, 3.05) is 18.0 Å². The van der Waals surface area contributed by atoms with Gasteiger partial charge in [-0.05, 0) is 38.1 Å². The second-order valence-electron chi connectivity index (χ2n) is 4.79. The van der Waals surface area contributed by atoms with Crippen LogP contribution in [0, 0.1) is 0 Å². The average molecular weight is 367 g/mol. The van der Waals surface area contributed by atoms with Gasteiger partial charge in [0.2, 0.25) is 0 Å². The summed E-state index contributed by atoms with van der Waals surface area (Å²) in [4.78, 5) is 19.4. The monoisotopic (exact) mass is 366 g/mol. The van der Waals surface area contributed by atoms with Gasteiger partial charge in [-0.15, -0.1) is 11.3 Å². The second-order valence-corrected chi connectivity index (χ2v) is 7.52. The van der Waals surface area contributed by atoms with E-state index in [0.717, 1.165) is 28.4 Å². The first kappa shape index (κ1) is 16.2. The van der Waals surface area contributed by atoms with Crippen LogP contribution in [0.15, 0.2) is 30.3 Å². The lowest BCUT2D eigenvalue weighted by Crippen LogP contribution is -2.21. The van der Waals surface area contributed by atoms with Gasteiger partial charge in [0.1, 0.15) is 10.6 Å². The van der Waals surface area contributed by atoms with Crippen molar-refractivity contribution in [3.05, 3.63) is 39.5 Å². The molecule has 2 heterocycles. The van der Waals surface area contributed by atoms with Crippen molar-refractivity contribution in [3.63, 3.8) is 0 Å². The predicted molar refractivity (Wildman–Crippen MR) is 97.5 cm³/mol. The van der Waals surface area contributed by atoms with Crippen LogP contribution < -0.4 is 9.64 Å². The van der Waals surface area contributed by atoms with Gasteiger partial charge in [0.05, 0.1) is 14.6 Å². The summed E-state index contributed by atoms with van der Waals surface area (Å²) in [6, 6.07) is 8.85. The summed E-state index contributed by atoms with van der Waals surface area (Å²) in [6.07, 6.45) is 0. The summed E-state index contributed by atoms with van der Waals surface area (Å²) >= 11 is 8.65. The first-order valence-electron chi connectivity index (χ1n) is 7.23. The number of hydrogen-bond acceptors (Lipinski definition) is 6. The molecular formula is C16H15ClN2O2S2. The number of carbonyl (C=O) groups excluding carboxylic acids is 1. The minimum Gasteiger partial charge on any atom is -0.422 e. The van der Waals surface area contributed by atoms with Gasteiger partial charge in [0, 0.05) is 19.2 Å². The highest BCUT2D eigenvalue weighted by atomic mass is 35.5. The molecule has 0 fully saturated rings. The number of halogens is 1. The standard InChI is InChI=1S/C16H15ClN2O2S2/c1-3-19(4-2)16-18-11-6-5-10(9-13(11)23-16)21-15(20)12-7-8-14(17)22-12/h5-9H,3-4H2,1-2H3. The van der Waals surface area contributed by atoms with Crippen LogP contribution >= 0.6 is 34.3 Å². The second kappa shape index (κ2) is 6.86. The van der Waals surface area contributed by atoms with E-state index in [0.29, 0.717) is 15.0 Å². The Morgan fingerprint density at radius 3 is 2.65 bits per heavy atom. The summed E-state index contributed by atoms with van der Waals surface area (Å²) in [6.45, 7) is 6.04. The SMILES string of the molecule is CCN(CC)c1nc2ccc(OC(=O)c3ccc(Cl)s3)cc2s1. The van der Waals surface area contributed by atoms with E-state index < -0.39 is 5.97 Å². The molecule has 2 aromatic heterocycles. The van der Waals surface area contributed by atoms with Crippen molar-refractivity contribution in [2.24, 2.45) is 0 Å². The summed E-state index contributed by atoms with van der Waals surface area (Å²) in [5.41, 5.74) is 0.913. The Morgan fingerprint density at radius 2 is 2.00 bits per heavy atom. The maximum absolute atomic E-state index is 12.1. The first-order valence-corrected chi connectivity index (χ1v) is 9.25. The van der Waals surface area contributed by atoms with Gasteiger partial charge in [-0.3, -0.25) is 0 Å². The molecular weight excluding hydrogens is 352 g/mol. The van der Waals surface area contributed by atoms with Gasteiger partial charge >= 0.3 is 5.97 Å². The highest BCUT2D eigenvalue weighted by molar-refractivity contribution is 7.22. The normalized spacial score (nSPS) is 10.9. The Kier molecular flexibility index (Phi) is 4.84. The van der Waals surface area contributed by atoms with Crippen LogP contribution in [0.3, 0.4) is 0 Å². The van der Waals surface area contributed by atoms with Gasteiger partial charge in [-0.2, -0.15) is 0 Å². The van der Waals surface area contributed by atoms with Gasteiger partial charge < -0.3 is 9.64 Å². The number of rotatable bonds is 5. The molecule has 3 aromatic rings. The van der Waals surface area contributed by atoms with Crippen LogP contribution in [-0.4, -0.2) is 24.0 Å². The molecule has 1 aromatic carbocycles. The fourth-order valence-electron chi connectivity index (χ4n) is 2.17. The number of fused-ring (bicyclic) bond motifs is 1. The minimum atomic E-state index is -0.394. The minimum absolute atomic E-state index is 0.394. The lowest BCUT2D eigenvalue weighted by Gasteiger charge is -2.16. The molecule has 0 saturated heterocycles. The van der Waals surface area contributed by atoms with Crippen molar-refractivity contribution in [3.8, 4) is 5.75 Å². The number of anilines is 1. The topological polar surface area (TPSA) is 42.4 Å². The fourth-order valence-corrected chi connectivity index (χ4v) is 4.21. The predicted octanol–water partition coefficient (Wildman–Crippen LogP) is 5.08. The molecule has 23 heavy (non-hydrogen) atoms. The number of esters is 1. The van der Waals surface area contributed by atoms with Crippen LogP contribution in [0.1, 0.15) is 23.5 Å². The molecule has 0 amide bonds. The third kappa shape index (κ3) is 3.49. The van der Waals surface area contributed by atoms with Crippen molar-refractivity contribution in [2.45, 2.75) is 13.8 Å². The molecule has 0 aliphatic rings. The lowest BCUT2D eigenvalue weighted by molar-refractivity contribution is 0.0740. The molecule has 0 aliphatic carbocycles. The maximum atomic E-state index is 12.1. The third-order valence-electron chi connectivity index (χ3n) is 3.37. The van der Waals surface area contributed by atoms with Crippen LogP contribution in [0.5, 0.6) is 5.75 Å². The Hall–Kier alpha value is -1.63. The number of ether oxygens (including phenoxy) is 1. The molecule has 120 valence electrons. The van der Waals surface area contributed by atoms with E-state index in [2.05, 4.69) is 23.7 Å². The van der Waals surface area contributed by atoms with Crippen LogP contribution in [-0.2, 0) is 0 Å². The van der Waals surface area contributed by atoms with E-state index >= 15 is 0 Å². The molecule has 0 saturated carbocycles. The molecule has 0 bridgehead atoms. The first-order chi connectivity index (χ1) is 11.1. The Labute approximate surface area is 147 Å². The van der Waals surface area contributed by atoms with Gasteiger partial charge in [0.15, 0.2) is 5.13 Å². The summed E-state index contributed by atoms with van der Waals surface area (Å²) in [5.74, 6) is 0.122. The van der Waals surface area contributed by atoms with Crippen molar-refractivity contribution in [1.82, 2.24) is 4.98 Å². The molecule has 0 unspecified atom stereocenters. The molecule has 7 heteroatoms. The average Bonchev–Trinajstić information content (AvgIpc) is 3.14. The zero-order valence-electron chi connectivity index (χ0n) is 12.7. The molecule has 4 nitrogen and oxygen atoms in total. The largest absolute Gasteiger partial charge is 0.422 e. The smallest absolute Gasteiger partial charge is 0.353 e. The summed E-state index contributed by atoms with van der Waals surface area (Å²) < 4.78 is 6.99. The highest BCUT2D eigenvalue weighted by Gasteiger charge is 2.14. The molecule has 3 rings (SSSR count). The van der Waals surface area contributed by atoms with Crippen LogP contribution in [0.4, 0.5) is 5.13 Å². The van der Waals surface area contributed by atoms with Gasteiger partial charge in [-0.1, -0.05) is 22.9 Å². The number of thiophene rings is 1. The van der Waals surface area contributed by atoms with E-state index in [-0.39, 0.29) is 0 Å². The number of benzene rings is 1. The molecule has 0 atom stereocenters. The summed E-state index contributed by atoms with van der Waals surface area (Å²) in [5, 5.41) is 0.985. The Bertz CT molecular complexity index is 840. The lowest BCUT2D eigenvalue weighted by atomic mass is 10.3. The van der Waals surface area contributed by atoms with E-state index in [9.17, 15) is 4.79 Å². The van der Waals surface area contributed by atoms with Crippen molar-refractivity contribution >= 4 is 55.6 Å². The number of hydrogen-bond donors (Lipinski definition) is 0. The number of thiazole rings is 1. The number of nitrogens with zero attached hydrogens (tertiary/aromatic N) is 2. The fraction of sp³-hybridized carbons (Fsp3) is 0.250. The zero-order chi connectivity index (χ0) is 16.4. The van der Waals surface area contributed by atoms with Gasteiger partial charge in [-0.25, -0.2) is 9.78 Å².